The Morgan fingerprint density at radius 1 is 1.52 bits per heavy atom. The zero-order valence-corrected chi connectivity index (χ0v) is 15.5. The minimum atomic E-state index is 0.190. The maximum atomic E-state index is 12.4. The molecule has 1 fully saturated rings. The summed E-state index contributed by atoms with van der Waals surface area (Å²) in [6.45, 7) is 2.71. The highest BCUT2D eigenvalue weighted by Crippen LogP contribution is 2.26. The first kappa shape index (κ1) is 16.6. The minimum Gasteiger partial charge on any atom is -0.342 e. The lowest BCUT2D eigenvalue weighted by Crippen LogP contribution is -2.31. The quantitative estimate of drug-likeness (QED) is 0.848. The van der Waals surface area contributed by atoms with Crippen LogP contribution < -0.4 is 5.32 Å². The van der Waals surface area contributed by atoms with Crippen molar-refractivity contribution in [3.8, 4) is 10.6 Å². The van der Waals surface area contributed by atoms with Gasteiger partial charge in [-0.25, -0.2) is 4.98 Å². The molecular weight excluding hydrogens is 374 g/mol. The molecule has 1 aliphatic heterocycles. The van der Waals surface area contributed by atoms with Gasteiger partial charge >= 0.3 is 0 Å². The Bertz CT molecular complexity index is 688. The number of hydrogen-bond acceptors (Lipinski definition) is 4. The summed E-state index contributed by atoms with van der Waals surface area (Å²) in [6, 6.07) is 8.08. The monoisotopic (exact) mass is 393 g/mol. The van der Waals surface area contributed by atoms with Gasteiger partial charge in [-0.1, -0.05) is 28.1 Å². The van der Waals surface area contributed by atoms with Gasteiger partial charge in [-0.3, -0.25) is 4.79 Å². The molecule has 1 saturated heterocycles. The maximum absolute atomic E-state index is 12.4. The molecule has 0 spiro atoms. The van der Waals surface area contributed by atoms with Crippen LogP contribution in [0.5, 0.6) is 0 Å². The molecule has 2 aromatic rings. The van der Waals surface area contributed by atoms with Crippen molar-refractivity contribution in [2.75, 3.05) is 26.7 Å². The summed E-state index contributed by atoms with van der Waals surface area (Å²) in [7, 11) is 1.96. The molecule has 2 heterocycles. The number of likely N-dealkylation sites (tertiary alicyclic amines) is 1. The third-order valence-electron chi connectivity index (χ3n) is 4.09. The van der Waals surface area contributed by atoms with Crippen molar-refractivity contribution in [3.05, 3.63) is 39.8 Å². The number of benzene rings is 1. The number of halogens is 1. The van der Waals surface area contributed by atoms with Crippen molar-refractivity contribution in [1.29, 1.82) is 0 Å². The van der Waals surface area contributed by atoms with Crippen LogP contribution in [0.2, 0.25) is 0 Å². The average Bonchev–Trinajstić information content (AvgIpc) is 3.17. The van der Waals surface area contributed by atoms with Gasteiger partial charge in [0.05, 0.1) is 12.1 Å². The van der Waals surface area contributed by atoms with E-state index in [0.717, 1.165) is 46.8 Å². The number of aromatic nitrogens is 1. The molecule has 1 aliphatic rings. The van der Waals surface area contributed by atoms with E-state index in [1.54, 1.807) is 11.3 Å². The number of rotatable bonds is 5. The normalized spacial score (nSPS) is 17.7. The Labute approximate surface area is 149 Å². The summed E-state index contributed by atoms with van der Waals surface area (Å²) in [4.78, 5) is 19.0. The van der Waals surface area contributed by atoms with Crippen molar-refractivity contribution >= 4 is 33.2 Å². The molecule has 1 unspecified atom stereocenters. The van der Waals surface area contributed by atoms with Gasteiger partial charge < -0.3 is 10.2 Å². The third-order valence-corrected chi connectivity index (χ3v) is 5.52. The summed E-state index contributed by atoms with van der Waals surface area (Å²) >= 11 is 5.07. The number of carbonyl (C=O) groups excluding carboxylic acids is 1. The molecule has 1 aromatic heterocycles. The van der Waals surface area contributed by atoms with Crippen molar-refractivity contribution < 1.29 is 4.79 Å². The van der Waals surface area contributed by atoms with E-state index in [4.69, 9.17) is 0 Å². The zero-order valence-electron chi connectivity index (χ0n) is 13.1. The van der Waals surface area contributed by atoms with E-state index in [2.05, 4.69) is 26.2 Å². The van der Waals surface area contributed by atoms with Crippen LogP contribution in [0.3, 0.4) is 0 Å². The standard InChI is InChI=1S/C17H20BrN3OS/c1-19-9-12-5-6-21(10-12)16(22)8-15-11-23-17(20-15)13-3-2-4-14(18)7-13/h2-4,7,11-12,19H,5-6,8-10H2,1H3. The van der Waals surface area contributed by atoms with Crippen LogP contribution in [-0.4, -0.2) is 42.5 Å². The highest BCUT2D eigenvalue weighted by Gasteiger charge is 2.26. The fourth-order valence-electron chi connectivity index (χ4n) is 2.92. The van der Waals surface area contributed by atoms with Gasteiger partial charge in [0, 0.05) is 28.5 Å². The smallest absolute Gasteiger partial charge is 0.228 e. The summed E-state index contributed by atoms with van der Waals surface area (Å²) in [5.41, 5.74) is 1.95. The van der Waals surface area contributed by atoms with Crippen LogP contribution in [0, 0.1) is 5.92 Å². The lowest BCUT2D eigenvalue weighted by molar-refractivity contribution is -0.129. The Hall–Kier alpha value is -1.24. The number of nitrogens with one attached hydrogen (secondary N) is 1. The third kappa shape index (κ3) is 4.19. The molecule has 1 aromatic carbocycles. The van der Waals surface area contributed by atoms with Crippen LogP contribution in [0.1, 0.15) is 12.1 Å². The van der Waals surface area contributed by atoms with Gasteiger partial charge in [0.2, 0.25) is 5.91 Å². The molecule has 0 aliphatic carbocycles. The second kappa shape index (κ2) is 7.55. The number of thiazole rings is 1. The average molecular weight is 394 g/mol. The first-order valence-electron chi connectivity index (χ1n) is 7.78. The Balaban J connectivity index is 1.62. The number of nitrogens with zero attached hydrogens (tertiary/aromatic N) is 2. The van der Waals surface area contributed by atoms with E-state index < -0.39 is 0 Å². The predicted octanol–water partition coefficient (Wildman–Crippen LogP) is 3.18. The van der Waals surface area contributed by atoms with E-state index in [1.165, 1.54) is 0 Å². The molecule has 0 bridgehead atoms. The molecular formula is C17H20BrN3OS. The summed E-state index contributed by atoms with van der Waals surface area (Å²) in [6.07, 6.45) is 1.49. The second-order valence-electron chi connectivity index (χ2n) is 5.88. The number of hydrogen-bond donors (Lipinski definition) is 1. The van der Waals surface area contributed by atoms with Crippen LogP contribution in [0.15, 0.2) is 34.1 Å². The van der Waals surface area contributed by atoms with Gasteiger partial charge in [0.1, 0.15) is 5.01 Å². The number of amides is 1. The molecule has 6 heteroatoms. The highest BCUT2D eigenvalue weighted by atomic mass is 79.9. The molecule has 1 atom stereocenters. The van der Waals surface area contributed by atoms with Crippen molar-refractivity contribution in [2.24, 2.45) is 5.92 Å². The van der Waals surface area contributed by atoms with Gasteiger partial charge in [-0.05, 0) is 38.1 Å². The van der Waals surface area contributed by atoms with E-state index in [1.807, 2.05) is 41.6 Å². The van der Waals surface area contributed by atoms with Gasteiger partial charge in [-0.15, -0.1) is 11.3 Å². The van der Waals surface area contributed by atoms with Crippen LogP contribution in [0.4, 0.5) is 0 Å². The van der Waals surface area contributed by atoms with Gasteiger partial charge in [0.15, 0.2) is 0 Å². The highest BCUT2D eigenvalue weighted by molar-refractivity contribution is 9.10. The summed E-state index contributed by atoms with van der Waals surface area (Å²) < 4.78 is 1.04. The molecule has 4 nitrogen and oxygen atoms in total. The number of carbonyl (C=O) groups is 1. The van der Waals surface area contributed by atoms with Crippen LogP contribution in [0.25, 0.3) is 10.6 Å². The summed E-state index contributed by atoms with van der Waals surface area (Å²) in [5, 5.41) is 6.15. The topological polar surface area (TPSA) is 45.2 Å². The largest absolute Gasteiger partial charge is 0.342 e. The van der Waals surface area contributed by atoms with Crippen molar-refractivity contribution in [3.63, 3.8) is 0 Å². The Kier molecular flexibility index (Phi) is 5.46. The molecule has 0 radical (unpaired) electrons. The second-order valence-corrected chi connectivity index (χ2v) is 7.66. The van der Waals surface area contributed by atoms with Crippen LogP contribution >= 0.6 is 27.3 Å². The fourth-order valence-corrected chi connectivity index (χ4v) is 4.14. The van der Waals surface area contributed by atoms with E-state index in [9.17, 15) is 4.79 Å². The minimum absolute atomic E-state index is 0.190. The Morgan fingerprint density at radius 2 is 2.39 bits per heavy atom. The van der Waals surface area contributed by atoms with Crippen molar-refractivity contribution in [1.82, 2.24) is 15.2 Å². The maximum Gasteiger partial charge on any atom is 0.228 e. The molecule has 1 amide bonds. The molecule has 3 rings (SSSR count). The van der Waals surface area contributed by atoms with Gasteiger partial charge in [0.25, 0.3) is 0 Å². The fraction of sp³-hybridized carbons (Fsp3) is 0.412. The molecule has 0 saturated carbocycles. The lowest BCUT2D eigenvalue weighted by atomic mass is 10.1. The molecule has 122 valence electrons. The van der Waals surface area contributed by atoms with E-state index in [-0.39, 0.29) is 5.91 Å². The first-order chi connectivity index (χ1) is 11.2. The van der Waals surface area contributed by atoms with Crippen molar-refractivity contribution in [2.45, 2.75) is 12.8 Å². The lowest BCUT2D eigenvalue weighted by Gasteiger charge is -2.15. The molecule has 1 N–H and O–H groups in total. The van der Waals surface area contributed by atoms with E-state index in [0.29, 0.717) is 12.3 Å². The first-order valence-corrected chi connectivity index (χ1v) is 9.45. The van der Waals surface area contributed by atoms with E-state index >= 15 is 0 Å². The van der Waals surface area contributed by atoms with Gasteiger partial charge in [-0.2, -0.15) is 0 Å². The molecule has 23 heavy (non-hydrogen) atoms. The SMILES string of the molecule is CNCC1CCN(C(=O)Cc2csc(-c3cccc(Br)c3)n2)C1. The van der Waals surface area contributed by atoms with Crippen LogP contribution in [-0.2, 0) is 11.2 Å². The Morgan fingerprint density at radius 3 is 3.17 bits per heavy atom. The summed E-state index contributed by atoms with van der Waals surface area (Å²) in [5.74, 6) is 0.770. The zero-order chi connectivity index (χ0) is 16.2. The predicted molar refractivity (Wildman–Crippen MR) is 97.6 cm³/mol.